The second kappa shape index (κ2) is 8.70. The minimum Gasteiger partial charge on any atom is -0.496 e. The molecule has 0 atom stereocenters. The molecule has 9 heteroatoms. The summed E-state index contributed by atoms with van der Waals surface area (Å²) in [5, 5.41) is 2.90. The quantitative estimate of drug-likeness (QED) is 0.451. The molecule has 0 radical (unpaired) electrons. The van der Waals surface area contributed by atoms with Gasteiger partial charge in [0.25, 0.3) is 11.8 Å². The molecule has 0 spiro atoms. The number of benzene rings is 2. The Morgan fingerprint density at radius 2 is 1.88 bits per heavy atom. The number of methoxy groups -OCH3 is 1. The molecule has 9 nitrogen and oxygen atoms in total. The van der Waals surface area contributed by atoms with Crippen molar-refractivity contribution >= 4 is 28.5 Å². The number of nitrogens with zero attached hydrogens (tertiary/aromatic N) is 3. The topological polar surface area (TPSA) is 113 Å². The maximum atomic E-state index is 12.8. The number of para-hydroxylation sites is 1. The van der Waals surface area contributed by atoms with E-state index in [2.05, 4.69) is 5.32 Å². The highest BCUT2D eigenvalue weighted by molar-refractivity contribution is 6.07. The first kappa shape index (κ1) is 21.9. The van der Waals surface area contributed by atoms with Crippen molar-refractivity contribution < 1.29 is 19.1 Å². The maximum absolute atomic E-state index is 12.8. The average molecular weight is 447 g/mol. The molecule has 0 aliphatic heterocycles. The molecular weight excluding hydrogens is 422 g/mol. The fourth-order valence-electron chi connectivity index (χ4n) is 3.85. The van der Waals surface area contributed by atoms with Gasteiger partial charge in [-0.15, -0.1) is 0 Å². The molecule has 0 aliphatic rings. The standard InChI is InChI=1S/C24H25N5O4/c1-5-33-21-16(22(25)30)13-28(2)20(21)23-27-17-12-14(10-11-18(17)29(23)3)26-24(31)15-8-6-7-9-19(15)32-4/h6-13H,5H2,1-4H3,(H2,25,30)(H,26,31). The molecule has 3 N–H and O–H groups in total. The van der Waals surface area contributed by atoms with E-state index in [0.29, 0.717) is 52.0 Å². The monoisotopic (exact) mass is 447 g/mol. The summed E-state index contributed by atoms with van der Waals surface area (Å²) in [6, 6.07) is 12.5. The van der Waals surface area contributed by atoms with E-state index in [4.69, 9.17) is 20.2 Å². The van der Waals surface area contributed by atoms with Crippen LogP contribution in [0.5, 0.6) is 11.5 Å². The van der Waals surface area contributed by atoms with Gasteiger partial charge in [-0.25, -0.2) is 4.98 Å². The van der Waals surface area contributed by atoms with Crippen molar-refractivity contribution in [1.82, 2.24) is 14.1 Å². The van der Waals surface area contributed by atoms with Crippen LogP contribution in [0.3, 0.4) is 0 Å². The van der Waals surface area contributed by atoms with Crippen LogP contribution in [0.15, 0.2) is 48.7 Å². The molecule has 33 heavy (non-hydrogen) atoms. The third-order valence-corrected chi connectivity index (χ3v) is 5.39. The molecule has 0 aliphatic carbocycles. The maximum Gasteiger partial charge on any atom is 0.259 e. The first-order valence-corrected chi connectivity index (χ1v) is 10.4. The summed E-state index contributed by atoms with van der Waals surface area (Å²) in [5.41, 5.74) is 9.04. The Morgan fingerprint density at radius 3 is 2.58 bits per heavy atom. The SMILES string of the molecule is CCOc1c(C(N)=O)cn(C)c1-c1nc2cc(NC(=O)c3ccccc3OC)ccc2n1C. The zero-order chi connectivity index (χ0) is 23.7. The fraction of sp³-hybridized carbons (Fsp3) is 0.208. The van der Waals surface area contributed by atoms with Gasteiger partial charge in [0.15, 0.2) is 11.6 Å². The van der Waals surface area contributed by atoms with Crippen LogP contribution in [0.2, 0.25) is 0 Å². The number of imidazole rings is 1. The molecule has 4 rings (SSSR count). The minimum absolute atomic E-state index is 0.282. The molecule has 0 bridgehead atoms. The van der Waals surface area contributed by atoms with Crippen LogP contribution in [0.4, 0.5) is 5.69 Å². The number of primary amides is 1. The second-order valence-electron chi connectivity index (χ2n) is 7.48. The van der Waals surface area contributed by atoms with Gasteiger partial charge in [0.1, 0.15) is 11.4 Å². The Bertz CT molecular complexity index is 1370. The van der Waals surface area contributed by atoms with Gasteiger partial charge >= 0.3 is 0 Å². The lowest BCUT2D eigenvalue weighted by Gasteiger charge is -2.09. The predicted molar refractivity (Wildman–Crippen MR) is 126 cm³/mol. The van der Waals surface area contributed by atoms with Crippen molar-refractivity contribution in [1.29, 1.82) is 0 Å². The number of aryl methyl sites for hydroxylation is 2. The largest absolute Gasteiger partial charge is 0.496 e. The average Bonchev–Trinajstić information content (AvgIpc) is 3.29. The summed E-state index contributed by atoms with van der Waals surface area (Å²) >= 11 is 0. The number of ether oxygens (including phenoxy) is 2. The molecule has 0 unspecified atom stereocenters. The van der Waals surface area contributed by atoms with Crippen molar-refractivity contribution in [2.24, 2.45) is 19.8 Å². The number of aromatic nitrogens is 3. The molecule has 0 saturated carbocycles. The van der Waals surface area contributed by atoms with E-state index in [1.807, 2.05) is 37.7 Å². The minimum atomic E-state index is -0.569. The van der Waals surface area contributed by atoms with Crippen LogP contribution in [0.25, 0.3) is 22.6 Å². The van der Waals surface area contributed by atoms with Gasteiger partial charge in [0.05, 0.1) is 35.9 Å². The Kier molecular flexibility index (Phi) is 5.78. The molecule has 170 valence electrons. The van der Waals surface area contributed by atoms with Crippen molar-refractivity contribution in [3.05, 3.63) is 59.8 Å². The fourth-order valence-corrected chi connectivity index (χ4v) is 3.85. The van der Waals surface area contributed by atoms with Crippen molar-refractivity contribution in [3.63, 3.8) is 0 Å². The smallest absolute Gasteiger partial charge is 0.259 e. The second-order valence-corrected chi connectivity index (χ2v) is 7.48. The van der Waals surface area contributed by atoms with E-state index in [9.17, 15) is 9.59 Å². The van der Waals surface area contributed by atoms with E-state index in [-0.39, 0.29) is 5.91 Å². The Hall–Kier alpha value is -4.27. The Morgan fingerprint density at radius 1 is 1.12 bits per heavy atom. The van der Waals surface area contributed by atoms with Crippen LogP contribution >= 0.6 is 0 Å². The van der Waals surface area contributed by atoms with Crippen LogP contribution in [0.1, 0.15) is 27.6 Å². The van der Waals surface area contributed by atoms with Gasteiger partial charge in [0, 0.05) is 26.0 Å². The lowest BCUT2D eigenvalue weighted by atomic mass is 10.2. The van der Waals surface area contributed by atoms with Crippen LogP contribution in [-0.2, 0) is 14.1 Å². The molecule has 2 amide bonds. The predicted octanol–water partition coefficient (Wildman–Crippen LogP) is 3.34. The third-order valence-electron chi connectivity index (χ3n) is 5.39. The van der Waals surface area contributed by atoms with E-state index >= 15 is 0 Å². The highest BCUT2D eigenvalue weighted by atomic mass is 16.5. The van der Waals surface area contributed by atoms with Gasteiger partial charge < -0.3 is 29.7 Å². The number of anilines is 1. The number of nitrogens with one attached hydrogen (secondary N) is 1. The number of nitrogens with two attached hydrogens (primary N) is 1. The van der Waals surface area contributed by atoms with Gasteiger partial charge in [0.2, 0.25) is 0 Å². The molecule has 2 aromatic carbocycles. The first-order chi connectivity index (χ1) is 15.8. The van der Waals surface area contributed by atoms with E-state index < -0.39 is 5.91 Å². The molecule has 0 saturated heterocycles. The van der Waals surface area contributed by atoms with Crippen molar-refractivity contribution in [2.45, 2.75) is 6.92 Å². The Labute approximate surface area is 190 Å². The molecule has 0 fully saturated rings. The highest BCUT2D eigenvalue weighted by Gasteiger charge is 2.24. The number of hydrogen-bond acceptors (Lipinski definition) is 5. The van der Waals surface area contributed by atoms with Crippen LogP contribution in [-0.4, -0.2) is 39.6 Å². The van der Waals surface area contributed by atoms with Gasteiger partial charge in [-0.3, -0.25) is 9.59 Å². The summed E-state index contributed by atoms with van der Waals surface area (Å²) in [7, 11) is 5.21. The number of amides is 2. The summed E-state index contributed by atoms with van der Waals surface area (Å²) in [6.45, 7) is 2.22. The van der Waals surface area contributed by atoms with E-state index in [1.54, 1.807) is 41.1 Å². The van der Waals surface area contributed by atoms with E-state index in [0.717, 1.165) is 5.52 Å². The number of carbonyl (C=O) groups excluding carboxylic acids is 2. The molecule has 2 aromatic heterocycles. The highest BCUT2D eigenvalue weighted by Crippen LogP contribution is 2.36. The van der Waals surface area contributed by atoms with Crippen LogP contribution in [0, 0.1) is 0 Å². The molecule has 2 heterocycles. The molecular formula is C24H25N5O4. The van der Waals surface area contributed by atoms with Crippen molar-refractivity contribution in [2.75, 3.05) is 19.0 Å². The Balaban J connectivity index is 1.74. The lowest BCUT2D eigenvalue weighted by molar-refractivity contribution is 0.0994. The van der Waals surface area contributed by atoms with Gasteiger partial charge in [-0.05, 0) is 37.3 Å². The zero-order valence-electron chi connectivity index (χ0n) is 18.9. The molecule has 4 aromatic rings. The summed E-state index contributed by atoms with van der Waals surface area (Å²) < 4.78 is 14.7. The third kappa shape index (κ3) is 3.89. The summed E-state index contributed by atoms with van der Waals surface area (Å²) in [4.78, 5) is 29.5. The lowest BCUT2D eigenvalue weighted by Crippen LogP contribution is -2.13. The number of hydrogen-bond donors (Lipinski definition) is 2. The summed E-state index contributed by atoms with van der Waals surface area (Å²) in [6.07, 6.45) is 1.64. The summed E-state index contributed by atoms with van der Waals surface area (Å²) in [5.74, 6) is 0.649. The number of rotatable bonds is 7. The number of fused-ring (bicyclic) bond motifs is 1. The van der Waals surface area contributed by atoms with E-state index in [1.165, 1.54) is 7.11 Å². The first-order valence-electron chi connectivity index (χ1n) is 10.4. The van der Waals surface area contributed by atoms with Crippen LogP contribution < -0.4 is 20.5 Å². The van der Waals surface area contributed by atoms with Gasteiger partial charge in [-0.2, -0.15) is 0 Å². The zero-order valence-corrected chi connectivity index (χ0v) is 18.9. The van der Waals surface area contributed by atoms with Gasteiger partial charge in [-0.1, -0.05) is 12.1 Å². The van der Waals surface area contributed by atoms with Crippen molar-refractivity contribution in [3.8, 4) is 23.0 Å². The number of carbonyl (C=O) groups is 2. The normalized spacial score (nSPS) is 10.9.